The lowest BCUT2D eigenvalue weighted by Gasteiger charge is -2.32. The molecule has 0 aromatic heterocycles. The number of ether oxygens (including phenoxy) is 4. The van der Waals surface area contributed by atoms with Crippen molar-refractivity contribution in [2.75, 3.05) is 39.6 Å². The Hall–Kier alpha value is -3.43. The maximum Gasteiger partial charge on any atom is 0.262 e. The summed E-state index contributed by atoms with van der Waals surface area (Å²) in [5.41, 5.74) is 1.20. The van der Waals surface area contributed by atoms with Crippen LogP contribution in [-0.4, -0.2) is 54.3 Å². The monoisotopic (exact) mass is 484 g/mol. The van der Waals surface area contributed by atoms with Crippen LogP contribution in [0.15, 0.2) is 65.6 Å². The largest absolute Gasteiger partial charge is 0.496 e. The van der Waals surface area contributed by atoms with Gasteiger partial charge in [0.25, 0.3) is 10.0 Å². The van der Waals surface area contributed by atoms with Crippen LogP contribution in [0.4, 0.5) is 5.69 Å². The Balaban J connectivity index is 1.62. The van der Waals surface area contributed by atoms with E-state index in [1.807, 2.05) is 26.2 Å². The Morgan fingerprint density at radius 1 is 0.941 bits per heavy atom. The van der Waals surface area contributed by atoms with Crippen molar-refractivity contribution in [3.63, 3.8) is 0 Å². The average Bonchev–Trinajstić information content (AvgIpc) is 2.84. The van der Waals surface area contributed by atoms with Crippen molar-refractivity contribution in [3.8, 4) is 28.7 Å². The number of nitrogens with zero attached hydrogens (tertiary/aromatic N) is 1. The maximum absolute atomic E-state index is 13.3. The molecule has 34 heavy (non-hydrogen) atoms. The minimum Gasteiger partial charge on any atom is -0.496 e. The Bertz CT molecular complexity index is 1280. The molecule has 0 radical (unpaired) electrons. The van der Waals surface area contributed by atoms with E-state index in [1.165, 1.54) is 12.1 Å². The van der Waals surface area contributed by atoms with Crippen molar-refractivity contribution in [1.29, 1.82) is 0 Å². The lowest BCUT2D eigenvalue weighted by atomic mass is 10.00. The highest BCUT2D eigenvalue weighted by molar-refractivity contribution is 7.92. The minimum atomic E-state index is -3.92. The first-order valence-electron chi connectivity index (χ1n) is 10.7. The van der Waals surface area contributed by atoms with Crippen molar-refractivity contribution in [2.24, 2.45) is 0 Å². The number of benzene rings is 3. The molecule has 180 valence electrons. The Kier molecular flexibility index (Phi) is 6.85. The fourth-order valence-corrected chi connectivity index (χ4v) is 4.88. The molecule has 3 aromatic rings. The molecule has 1 heterocycles. The van der Waals surface area contributed by atoms with Crippen molar-refractivity contribution >= 4 is 15.7 Å². The molecule has 1 aliphatic rings. The summed E-state index contributed by atoms with van der Waals surface area (Å²) in [5, 5.41) is 0. The minimum absolute atomic E-state index is 0.0615. The number of rotatable bonds is 8. The molecular weight excluding hydrogens is 456 g/mol. The number of fused-ring (bicyclic) bond motifs is 1. The number of anilines is 1. The summed E-state index contributed by atoms with van der Waals surface area (Å²) < 4.78 is 51.9. The third kappa shape index (κ3) is 4.90. The van der Waals surface area contributed by atoms with E-state index in [9.17, 15) is 8.42 Å². The van der Waals surface area contributed by atoms with E-state index in [-0.39, 0.29) is 10.9 Å². The van der Waals surface area contributed by atoms with E-state index in [1.54, 1.807) is 50.6 Å². The van der Waals surface area contributed by atoms with Crippen LogP contribution in [0.2, 0.25) is 0 Å². The zero-order valence-electron chi connectivity index (χ0n) is 19.6. The predicted octanol–water partition coefficient (Wildman–Crippen LogP) is 4.16. The van der Waals surface area contributed by atoms with Crippen molar-refractivity contribution in [3.05, 3.63) is 66.2 Å². The van der Waals surface area contributed by atoms with Gasteiger partial charge < -0.3 is 23.8 Å². The Labute approximate surface area is 200 Å². The zero-order valence-corrected chi connectivity index (χ0v) is 20.4. The molecule has 0 aliphatic carbocycles. The van der Waals surface area contributed by atoms with E-state index in [4.69, 9.17) is 18.9 Å². The highest BCUT2D eigenvalue weighted by Gasteiger charge is 2.28. The second-order valence-corrected chi connectivity index (χ2v) is 9.77. The van der Waals surface area contributed by atoms with Gasteiger partial charge in [0.2, 0.25) is 0 Å². The number of hydrogen-bond acceptors (Lipinski definition) is 7. The summed E-state index contributed by atoms with van der Waals surface area (Å²) in [6, 6.07) is 17.0. The van der Waals surface area contributed by atoms with Gasteiger partial charge in [0.15, 0.2) is 11.5 Å². The molecule has 0 spiro atoms. The van der Waals surface area contributed by atoms with Gasteiger partial charge in [-0.15, -0.1) is 0 Å². The van der Waals surface area contributed by atoms with Gasteiger partial charge in [-0.05, 0) is 56.9 Å². The van der Waals surface area contributed by atoms with Crippen LogP contribution in [0.5, 0.6) is 28.7 Å². The van der Waals surface area contributed by atoms with Crippen LogP contribution in [-0.2, 0) is 16.4 Å². The van der Waals surface area contributed by atoms with Crippen LogP contribution < -0.4 is 23.7 Å². The summed E-state index contributed by atoms with van der Waals surface area (Å²) in [5.74, 6) is 2.56. The first kappa shape index (κ1) is 23.7. The van der Waals surface area contributed by atoms with Gasteiger partial charge in [-0.1, -0.05) is 18.2 Å². The summed E-state index contributed by atoms with van der Waals surface area (Å²) >= 11 is 0. The fourth-order valence-electron chi connectivity index (χ4n) is 3.78. The van der Waals surface area contributed by atoms with E-state index in [2.05, 4.69) is 9.62 Å². The van der Waals surface area contributed by atoms with Gasteiger partial charge in [0.1, 0.15) is 23.9 Å². The second-order valence-electron chi connectivity index (χ2n) is 8.09. The first-order valence-corrected chi connectivity index (χ1v) is 12.2. The molecule has 0 bridgehead atoms. The number of nitrogens with one attached hydrogen (secondary N) is 1. The SMILES string of the molecule is COc1ccccc1Oc1cccc(S(=O)(=O)Nc2ccc(OC)c3c2OC[C@H](N(C)C)C3)c1. The number of methoxy groups -OCH3 is 2. The van der Waals surface area contributed by atoms with Crippen molar-refractivity contribution in [2.45, 2.75) is 17.4 Å². The summed E-state index contributed by atoms with van der Waals surface area (Å²) in [7, 11) is 3.19. The van der Waals surface area contributed by atoms with Crippen LogP contribution in [0.1, 0.15) is 5.56 Å². The smallest absolute Gasteiger partial charge is 0.262 e. The van der Waals surface area contributed by atoms with Gasteiger partial charge in [0, 0.05) is 17.7 Å². The standard InChI is InChI=1S/C25H28N2O6S/c1-27(2)17-14-20-22(30-3)13-12-21(25(20)32-16-17)26-34(28,29)19-9-7-8-18(15-19)33-24-11-6-5-10-23(24)31-4/h5-13,15,17,26H,14,16H2,1-4H3/t17-/m1/s1. The maximum atomic E-state index is 13.3. The third-order valence-electron chi connectivity index (χ3n) is 5.68. The predicted molar refractivity (Wildman–Crippen MR) is 130 cm³/mol. The molecule has 0 saturated carbocycles. The highest BCUT2D eigenvalue weighted by atomic mass is 32.2. The van der Waals surface area contributed by atoms with E-state index < -0.39 is 10.0 Å². The Morgan fingerprint density at radius 3 is 2.38 bits per heavy atom. The van der Waals surface area contributed by atoms with E-state index >= 15 is 0 Å². The molecule has 4 rings (SSSR count). The molecule has 0 amide bonds. The van der Waals surface area contributed by atoms with Gasteiger partial charge >= 0.3 is 0 Å². The quantitative estimate of drug-likeness (QED) is 0.514. The molecule has 1 aliphatic heterocycles. The van der Waals surface area contributed by atoms with Gasteiger partial charge in [0.05, 0.1) is 24.8 Å². The van der Waals surface area contributed by atoms with Crippen LogP contribution in [0, 0.1) is 0 Å². The van der Waals surface area contributed by atoms with E-state index in [0.29, 0.717) is 47.5 Å². The fraction of sp³-hybridized carbons (Fsp3) is 0.280. The molecule has 0 unspecified atom stereocenters. The number of likely N-dealkylation sites (N-methyl/N-ethyl adjacent to an activating group) is 1. The van der Waals surface area contributed by atoms with Gasteiger partial charge in [-0.2, -0.15) is 0 Å². The Morgan fingerprint density at radius 2 is 1.68 bits per heavy atom. The van der Waals surface area contributed by atoms with Crippen molar-refractivity contribution < 1.29 is 27.4 Å². The molecule has 3 aromatic carbocycles. The molecule has 0 saturated heterocycles. The first-order chi connectivity index (χ1) is 16.3. The zero-order chi connectivity index (χ0) is 24.3. The lowest BCUT2D eigenvalue weighted by molar-refractivity contribution is 0.164. The van der Waals surface area contributed by atoms with Crippen LogP contribution >= 0.6 is 0 Å². The van der Waals surface area contributed by atoms with E-state index in [0.717, 1.165) is 5.56 Å². The number of sulfonamides is 1. The number of para-hydroxylation sites is 2. The topological polar surface area (TPSA) is 86.3 Å². The molecule has 8 nitrogen and oxygen atoms in total. The van der Waals surface area contributed by atoms with Gasteiger partial charge in [-0.25, -0.2) is 8.42 Å². The second kappa shape index (κ2) is 9.82. The highest BCUT2D eigenvalue weighted by Crippen LogP contribution is 2.41. The van der Waals surface area contributed by atoms with Crippen LogP contribution in [0.3, 0.4) is 0 Å². The summed E-state index contributed by atoms with van der Waals surface area (Å²) in [6.45, 7) is 0.449. The number of hydrogen-bond donors (Lipinski definition) is 1. The molecule has 1 atom stereocenters. The summed E-state index contributed by atoms with van der Waals surface area (Å²) in [6.07, 6.45) is 0.684. The normalized spacial score (nSPS) is 15.3. The molecule has 9 heteroatoms. The molecule has 1 N–H and O–H groups in total. The molecule has 0 fully saturated rings. The van der Waals surface area contributed by atoms with Crippen molar-refractivity contribution in [1.82, 2.24) is 4.90 Å². The lowest BCUT2D eigenvalue weighted by Crippen LogP contribution is -2.38. The van der Waals surface area contributed by atoms with Crippen LogP contribution in [0.25, 0.3) is 0 Å². The molecular formula is C25H28N2O6S. The average molecular weight is 485 g/mol. The summed E-state index contributed by atoms with van der Waals surface area (Å²) in [4.78, 5) is 2.14. The van der Waals surface area contributed by atoms with Gasteiger partial charge in [-0.3, -0.25) is 4.72 Å². The third-order valence-corrected chi connectivity index (χ3v) is 7.05.